The van der Waals surface area contributed by atoms with Gasteiger partial charge in [-0.1, -0.05) is 0 Å². The van der Waals surface area contributed by atoms with Gasteiger partial charge in [0.2, 0.25) is 0 Å². The first kappa shape index (κ1) is 14.0. The molecule has 0 unspecified atom stereocenters. The Kier molecular flexibility index (Phi) is 4.38. The van der Waals surface area contributed by atoms with Crippen LogP contribution in [-0.2, 0) is 6.42 Å². The molecule has 1 aliphatic rings. The number of piperidine rings is 1. The average molecular weight is 353 g/mol. The maximum atomic E-state index is 12.5. The molecule has 20 heavy (non-hydrogen) atoms. The molecule has 2 aromatic heterocycles. The lowest BCUT2D eigenvalue weighted by atomic mass is 10.1. The number of ketones is 1. The summed E-state index contributed by atoms with van der Waals surface area (Å²) in [6.45, 7) is 2.07. The maximum Gasteiger partial charge on any atom is 0.184 e. The van der Waals surface area contributed by atoms with Gasteiger partial charge in [0.15, 0.2) is 5.78 Å². The Bertz CT molecular complexity index is 599. The first-order valence-electron chi connectivity index (χ1n) is 6.88. The van der Waals surface area contributed by atoms with Crippen molar-refractivity contribution in [3.05, 3.63) is 44.8 Å². The van der Waals surface area contributed by atoms with Crippen LogP contribution in [0.3, 0.4) is 0 Å². The Balaban J connectivity index is 1.76. The number of aromatic nitrogens is 1. The van der Waals surface area contributed by atoms with E-state index < -0.39 is 0 Å². The number of carbonyl (C=O) groups excluding carboxylic acids is 1. The van der Waals surface area contributed by atoms with E-state index in [1.165, 1.54) is 0 Å². The van der Waals surface area contributed by atoms with E-state index in [-0.39, 0.29) is 5.78 Å². The largest absolute Gasteiger partial charge is 0.342 e. The molecule has 1 aliphatic heterocycles. The van der Waals surface area contributed by atoms with E-state index in [9.17, 15) is 4.79 Å². The zero-order valence-electron chi connectivity index (χ0n) is 11.1. The number of halogens is 1. The fourth-order valence-corrected chi connectivity index (χ4v) is 4.18. The summed E-state index contributed by atoms with van der Waals surface area (Å²) < 4.78 is 3.23. The third-order valence-electron chi connectivity index (χ3n) is 3.72. The fraction of sp³-hybridized carbons (Fsp3) is 0.400. The van der Waals surface area contributed by atoms with Gasteiger partial charge in [-0.05, 0) is 60.1 Å². The van der Waals surface area contributed by atoms with E-state index in [1.54, 1.807) is 11.3 Å². The predicted molar refractivity (Wildman–Crippen MR) is 85.6 cm³/mol. The summed E-state index contributed by atoms with van der Waals surface area (Å²) in [5.41, 5.74) is 0.849. The quantitative estimate of drug-likeness (QED) is 0.852. The van der Waals surface area contributed by atoms with Gasteiger partial charge >= 0.3 is 0 Å². The lowest BCUT2D eigenvalue weighted by Gasteiger charge is -2.25. The van der Waals surface area contributed by atoms with E-state index in [0.717, 1.165) is 41.0 Å². The Morgan fingerprint density at radius 2 is 2.25 bits per heavy atom. The first-order chi connectivity index (χ1) is 9.74. The third kappa shape index (κ3) is 3.05. The van der Waals surface area contributed by atoms with Crippen LogP contribution in [0.5, 0.6) is 0 Å². The maximum absolute atomic E-state index is 12.5. The van der Waals surface area contributed by atoms with E-state index in [4.69, 9.17) is 0 Å². The van der Waals surface area contributed by atoms with Gasteiger partial charge in [-0.3, -0.25) is 4.79 Å². The molecule has 0 atom stereocenters. The lowest BCUT2D eigenvalue weighted by Crippen LogP contribution is -2.30. The molecule has 0 amide bonds. The Hall–Kier alpha value is -0.910. The molecule has 3 heterocycles. The zero-order chi connectivity index (χ0) is 13.9. The van der Waals surface area contributed by atoms with Crippen molar-refractivity contribution in [1.29, 1.82) is 0 Å². The highest BCUT2D eigenvalue weighted by Crippen LogP contribution is 2.24. The minimum atomic E-state index is 0.211. The minimum Gasteiger partial charge on any atom is -0.342 e. The van der Waals surface area contributed by atoms with Gasteiger partial charge < -0.3 is 9.88 Å². The second-order valence-electron chi connectivity index (χ2n) is 5.11. The standard InChI is InChI=1S/C15H17BrN2OS/c16-11-8-13(20-10-11)9-15(19)14-2-1-7-18(14)12-3-5-17-6-4-12/h1-2,7-8,10,12,17H,3-6,9H2. The zero-order valence-corrected chi connectivity index (χ0v) is 13.5. The summed E-state index contributed by atoms with van der Waals surface area (Å²) in [6, 6.07) is 6.42. The summed E-state index contributed by atoms with van der Waals surface area (Å²) in [6.07, 6.45) is 4.73. The van der Waals surface area contributed by atoms with Gasteiger partial charge in [-0.2, -0.15) is 0 Å². The van der Waals surface area contributed by atoms with Crippen molar-refractivity contribution in [3.63, 3.8) is 0 Å². The molecule has 0 aliphatic carbocycles. The van der Waals surface area contributed by atoms with Crippen molar-refractivity contribution >= 4 is 33.0 Å². The molecule has 0 bridgehead atoms. The van der Waals surface area contributed by atoms with E-state index in [2.05, 4.69) is 25.8 Å². The van der Waals surface area contributed by atoms with Crippen LogP contribution < -0.4 is 5.32 Å². The molecule has 2 aromatic rings. The number of Topliss-reactive ketones (excluding diaryl/α,β-unsaturated/α-hetero) is 1. The summed E-state index contributed by atoms with van der Waals surface area (Å²) in [4.78, 5) is 13.6. The van der Waals surface area contributed by atoms with Crippen LogP contribution >= 0.6 is 27.3 Å². The van der Waals surface area contributed by atoms with Gasteiger partial charge in [0.05, 0.1) is 5.69 Å². The van der Waals surface area contributed by atoms with Crippen LogP contribution in [0.15, 0.2) is 34.2 Å². The normalized spacial score (nSPS) is 16.4. The number of carbonyl (C=O) groups is 1. The van der Waals surface area contributed by atoms with Crippen LogP contribution in [-0.4, -0.2) is 23.4 Å². The molecule has 1 N–H and O–H groups in total. The molecular formula is C15H17BrN2OS. The average Bonchev–Trinajstić information content (AvgIpc) is 3.09. The lowest BCUT2D eigenvalue weighted by molar-refractivity contribution is 0.0981. The van der Waals surface area contributed by atoms with Crippen LogP contribution in [0.1, 0.15) is 34.2 Å². The Labute approximate surface area is 131 Å². The molecule has 3 nitrogen and oxygen atoms in total. The van der Waals surface area contributed by atoms with Crippen molar-refractivity contribution in [2.24, 2.45) is 0 Å². The Morgan fingerprint density at radius 1 is 1.45 bits per heavy atom. The van der Waals surface area contributed by atoms with Gasteiger partial charge in [-0.15, -0.1) is 11.3 Å². The molecular weight excluding hydrogens is 336 g/mol. The van der Waals surface area contributed by atoms with E-state index in [0.29, 0.717) is 12.5 Å². The van der Waals surface area contributed by atoms with Crippen molar-refractivity contribution in [3.8, 4) is 0 Å². The molecule has 5 heteroatoms. The highest BCUT2D eigenvalue weighted by Gasteiger charge is 2.20. The third-order valence-corrected chi connectivity index (χ3v) is 5.42. The number of nitrogens with one attached hydrogen (secondary N) is 1. The molecule has 0 saturated carbocycles. The first-order valence-corrected chi connectivity index (χ1v) is 8.55. The SMILES string of the molecule is O=C(Cc1cc(Br)cs1)c1cccn1C1CCNCC1. The summed E-state index contributed by atoms with van der Waals surface area (Å²) >= 11 is 5.06. The van der Waals surface area contributed by atoms with Crippen molar-refractivity contribution in [2.45, 2.75) is 25.3 Å². The minimum absolute atomic E-state index is 0.211. The van der Waals surface area contributed by atoms with Crippen LogP contribution in [0.4, 0.5) is 0 Å². The predicted octanol–water partition coefficient (Wildman–Crippen LogP) is 3.66. The van der Waals surface area contributed by atoms with Crippen LogP contribution in [0, 0.1) is 0 Å². The second-order valence-corrected chi connectivity index (χ2v) is 7.02. The molecule has 0 radical (unpaired) electrons. The molecule has 106 valence electrons. The number of thiophene rings is 1. The van der Waals surface area contributed by atoms with Crippen LogP contribution in [0.2, 0.25) is 0 Å². The summed E-state index contributed by atoms with van der Waals surface area (Å²) in [7, 11) is 0. The number of hydrogen-bond donors (Lipinski definition) is 1. The molecule has 3 rings (SSSR count). The second kappa shape index (κ2) is 6.24. The van der Waals surface area contributed by atoms with Gasteiger partial charge in [0.25, 0.3) is 0 Å². The fourth-order valence-electron chi connectivity index (χ4n) is 2.73. The Morgan fingerprint density at radius 3 is 2.95 bits per heavy atom. The number of rotatable bonds is 4. The summed E-state index contributed by atoms with van der Waals surface area (Å²) in [5.74, 6) is 0.211. The van der Waals surface area contributed by atoms with Gasteiger partial charge in [0.1, 0.15) is 0 Å². The molecule has 0 aromatic carbocycles. The van der Waals surface area contributed by atoms with Crippen molar-refractivity contribution in [1.82, 2.24) is 9.88 Å². The topological polar surface area (TPSA) is 34.0 Å². The number of nitrogens with zero attached hydrogens (tertiary/aromatic N) is 1. The smallest absolute Gasteiger partial charge is 0.184 e. The highest BCUT2D eigenvalue weighted by atomic mass is 79.9. The van der Waals surface area contributed by atoms with Crippen LogP contribution in [0.25, 0.3) is 0 Å². The number of hydrogen-bond acceptors (Lipinski definition) is 3. The van der Waals surface area contributed by atoms with Crippen molar-refractivity contribution in [2.75, 3.05) is 13.1 Å². The molecule has 0 spiro atoms. The van der Waals surface area contributed by atoms with E-state index >= 15 is 0 Å². The van der Waals surface area contributed by atoms with Crippen molar-refractivity contribution < 1.29 is 4.79 Å². The van der Waals surface area contributed by atoms with Gasteiger partial charge in [0, 0.05) is 33.4 Å². The molecule has 1 fully saturated rings. The van der Waals surface area contributed by atoms with Gasteiger partial charge in [-0.25, -0.2) is 0 Å². The van der Waals surface area contributed by atoms with E-state index in [1.807, 2.05) is 29.8 Å². The highest BCUT2D eigenvalue weighted by molar-refractivity contribution is 9.10. The summed E-state index contributed by atoms with van der Waals surface area (Å²) in [5, 5.41) is 5.39. The monoisotopic (exact) mass is 352 g/mol. The molecule has 1 saturated heterocycles.